The summed E-state index contributed by atoms with van der Waals surface area (Å²) >= 11 is 0. The Bertz CT molecular complexity index is 1060. The third-order valence-electron chi connectivity index (χ3n) is 6.17. The van der Waals surface area contributed by atoms with Crippen LogP contribution in [0.15, 0.2) is 30.3 Å². The topological polar surface area (TPSA) is 80.8 Å². The van der Waals surface area contributed by atoms with Gasteiger partial charge in [0.2, 0.25) is 5.91 Å². The largest absolute Gasteiger partial charge is 0.497 e. The molecule has 0 atom stereocenters. The van der Waals surface area contributed by atoms with E-state index in [2.05, 4.69) is 0 Å². The maximum absolute atomic E-state index is 13.1. The van der Waals surface area contributed by atoms with Crippen molar-refractivity contribution in [3.05, 3.63) is 41.5 Å². The molecule has 0 aliphatic carbocycles. The van der Waals surface area contributed by atoms with Crippen LogP contribution in [-0.4, -0.2) is 76.4 Å². The molecule has 0 radical (unpaired) electrons. The summed E-state index contributed by atoms with van der Waals surface area (Å²) in [6, 6.07) is 8.99. The second kappa shape index (κ2) is 9.48. The normalized spacial score (nSPS) is 15.4. The summed E-state index contributed by atoms with van der Waals surface area (Å²) < 4.78 is 21.5. The maximum Gasteiger partial charge on any atom is 0.325 e. The first-order valence-electron chi connectivity index (χ1n) is 10.8. The molecule has 2 aliphatic rings. The summed E-state index contributed by atoms with van der Waals surface area (Å²) in [6.07, 6.45) is 0.725. The fraction of sp³-hybridized carbons (Fsp3) is 0.417. The van der Waals surface area contributed by atoms with Crippen molar-refractivity contribution in [2.45, 2.75) is 13.0 Å². The molecule has 0 unspecified atom stereocenters. The lowest BCUT2D eigenvalue weighted by atomic mass is 9.98. The van der Waals surface area contributed by atoms with Crippen LogP contribution in [0.3, 0.4) is 0 Å². The van der Waals surface area contributed by atoms with Gasteiger partial charge in [-0.05, 0) is 41.8 Å². The van der Waals surface area contributed by atoms with Crippen molar-refractivity contribution < 1.29 is 28.5 Å². The lowest BCUT2D eigenvalue weighted by molar-refractivity contribution is -0.132. The Labute approximate surface area is 193 Å². The molecule has 4 rings (SSSR count). The van der Waals surface area contributed by atoms with Crippen LogP contribution in [0.2, 0.25) is 0 Å². The van der Waals surface area contributed by atoms with Crippen LogP contribution in [0.5, 0.6) is 23.0 Å². The molecular formula is C24H29N3O6. The van der Waals surface area contributed by atoms with E-state index in [1.807, 2.05) is 12.1 Å². The van der Waals surface area contributed by atoms with Gasteiger partial charge in [0.25, 0.3) is 0 Å². The number of hydrogen-bond acceptors (Lipinski definition) is 6. The Morgan fingerprint density at radius 3 is 2.21 bits per heavy atom. The SMILES string of the molecule is COc1ccc(OC)c(N2CCN(CC(=O)N3CCc4cc(OC)c(OC)cc4C3)C2=O)c1. The number of carbonyl (C=O) groups is 2. The van der Waals surface area contributed by atoms with Crippen molar-refractivity contribution >= 4 is 17.6 Å². The minimum absolute atomic E-state index is 0.0320. The van der Waals surface area contributed by atoms with Gasteiger partial charge < -0.3 is 28.7 Å². The minimum Gasteiger partial charge on any atom is -0.497 e. The predicted molar refractivity (Wildman–Crippen MR) is 123 cm³/mol. The summed E-state index contributed by atoms with van der Waals surface area (Å²) in [5.41, 5.74) is 2.80. The summed E-state index contributed by atoms with van der Waals surface area (Å²) in [5.74, 6) is 2.46. The molecule has 1 saturated heterocycles. The van der Waals surface area contributed by atoms with Crippen LogP contribution in [0, 0.1) is 0 Å². The Hall–Kier alpha value is -3.62. The molecule has 0 bridgehead atoms. The second-order valence-electron chi connectivity index (χ2n) is 7.93. The van der Waals surface area contributed by atoms with Gasteiger partial charge in [-0.1, -0.05) is 0 Å². The summed E-state index contributed by atoms with van der Waals surface area (Å²) in [5, 5.41) is 0. The maximum atomic E-state index is 13.1. The van der Waals surface area contributed by atoms with Gasteiger partial charge in [-0.2, -0.15) is 0 Å². The van der Waals surface area contributed by atoms with Crippen LogP contribution in [0.4, 0.5) is 10.5 Å². The van der Waals surface area contributed by atoms with Crippen molar-refractivity contribution in [3.63, 3.8) is 0 Å². The standard InChI is InChI=1S/C24H29N3O6/c1-30-18-5-6-20(31-2)19(13-18)27-10-9-26(24(27)29)15-23(28)25-8-7-16-11-21(32-3)22(33-4)12-17(16)14-25/h5-6,11-13H,7-10,14-15H2,1-4H3. The van der Waals surface area contributed by atoms with E-state index in [-0.39, 0.29) is 18.5 Å². The Kier molecular flexibility index (Phi) is 6.48. The summed E-state index contributed by atoms with van der Waals surface area (Å²) in [7, 11) is 6.34. The Morgan fingerprint density at radius 1 is 0.848 bits per heavy atom. The molecule has 3 amide bonds. The lowest BCUT2D eigenvalue weighted by Crippen LogP contribution is -2.44. The van der Waals surface area contributed by atoms with E-state index in [0.29, 0.717) is 54.9 Å². The number of methoxy groups -OCH3 is 4. The van der Waals surface area contributed by atoms with Crippen LogP contribution in [0.25, 0.3) is 0 Å². The van der Waals surface area contributed by atoms with E-state index in [4.69, 9.17) is 18.9 Å². The molecule has 2 aromatic carbocycles. The number of fused-ring (bicyclic) bond motifs is 1. The highest BCUT2D eigenvalue weighted by Gasteiger charge is 2.34. The van der Waals surface area contributed by atoms with Gasteiger partial charge in [0.15, 0.2) is 11.5 Å². The zero-order valence-electron chi connectivity index (χ0n) is 19.4. The number of carbonyl (C=O) groups excluding carboxylic acids is 2. The molecule has 1 fully saturated rings. The molecule has 176 valence electrons. The molecule has 33 heavy (non-hydrogen) atoms. The molecule has 0 spiro atoms. The van der Waals surface area contributed by atoms with E-state index in [1.54, 1.807) is 61.3 Å². The highest BCUT2D eigenvalue weighted by atomic mass is 16.5. The van der Waals surface area contributed by atoms with E-state index >= 15 is 0 Å². The molecule has 0 N–H and O–H groups in total. The zero-order chi connectivity index (χ0) is 23.5. The fourth-order valence-electron chi connectivity index (χ4n) is 4.32. The van der Waals surface area contributed by atoms with Crippen LogP contribution < -0.4 is 23.8 Å². The first-order valence-corrected chi connectivity index (χ1v) is 10.8. The molecule has 0 aromatic heterocycles. The average Bonchev–Trinajstić information content (AvgIpc) is 3.21. The van der Waals surface area contributed by atoms with Crippen LogP contribution in [-0.2, 0) is 17.8 Å². The van der Waals surface area contributed by atoms with E-state index in [1.165, 1.54) is 0 Å². The third-order valence-corrected chi connectivity index (χ3v) is 6.17. The van der Waals surface area contributed by atoms with Gasteiger partial charge in [-0.15, -0.1) is 0 Å². The van der Waals surface area contributed by atoms with Gasteiger partial charge in [0, 0.05) is 32.2 Å². The van der Waals surface area contributed by atoms with Crippen molar-refractivity contribution in [1.29, 1.82) is 0 Å². The Morgan fingerprint density at radius 2 is 1.55 bits per heavy atom. The van der Waals surface area contributed by atoms with Crippen molar-refractivity contribution in [2.75, 3.05) is 59.5 Å². The van der Waals surface area contributed by atoms with Crippen molar-refractivity contribution in [1.82, 2.24) is 9.80 Å². The average molecular weight is 456 g/mol. The number of nitrogens with zero attached hydrogens (tertiary/aromatic N) is 3. The molecule has 2 aromatic rings. The van der Waals surface area contributed by atoms with Crippen molar-refractivity contribution in [3.8, 4) is 23.0 Å². The van der Waals surface area contributed by atoms with E-state index in [0.717, 1.165) is 17.5 Å². The smallest absolute Gasteiger partial charge is 0.325 e. The Balaban J connectivity index is 1.44. The van der Waals surface area contributed by atoms with Gasteiger partial charge >= 0.3 is 6.03 Å². The highest BCUT2D eigenvalue weighted by molar-refractivity contribution is 5.98. The number of amides is 3. The third kappa shape index (κ3) is 4.35. The first-order chi connectivity index (χ1) is 16.0. The predicted octanol–water partition coefficient (Wildman–Crippen LogP) is 2.55. The molecule has 0 saturated carbocycles. The van der Waals surface area contributed by atoms with Crippen molar-refractivity contribution in [2.24, 2.45) is 0 Å². The number of hydrogen-bond donors (Lipinski definition) is 0. The monoisotopic (exact) mass is 455 g/mol. The fourth-order valence-corrected chi connectivity index (χ4v) is 4.32. The van der Waals surface area contributed by atoms with E-state index < -0.39 is 0 Å². The molecular weight excluding hydrogens is 426 g/mol. The quantitative estimate of drug-likeness (QED) is 0.638. The highest BCUT2D eigenvalue weighted by Crippen LogP contribution is 2.35. The zero-order valence-corrected chi connectivity index (χ0v) is 19.4. The molecule has 2 heterocycles. The lowest BCUT2D eigenvalue weighted by Gasteiger charge is -2.31. The van der Waals surface area contributed by atoms with Gasteiger partial charge in [-0.25, -0.2) is 4.79 Å². The number of benzene rings is 2. The molecule has 9 heteroatoms. The van der Waals surface area contributed by atoms with Gasteiger partial charge in [0.1, 0.15) is 18.0 Å². The first kappa shape index (κ1) is 22.6. The minimum atomic E-state index is -0.223. The second-order valence-corrected chi connectivity index (χ2v) is 7.93. The van der Waals surface area contributed by atoms with Crippen LogP contribution in [0.1, 0.15) is 11.1 Å². The van der Waals surface area contributed by atoms with Gasteiger partial charge in [-0.3, -0.25) is 9.69 Å². The molecule has 2 aliphatic heterocycles. The van der Waals surface area contributed by atoms with Crippen LogP contribution >= 0.6 is 0 Å². The number of urea groups is 1. The number of ether oxygens (including phenoxy) is 4. The number of anilines is 1. The summed E-state index contributed by atoms with van der Waals surface area (Å²) in [4.78, 5) is 31.2. The molecule has 9 nitrogen and oxygen atoms in total. The summed E-state index contributed by atoms with van der Waals surface area (Å²) in [6.45, 7) is 2.03. The van der Waals surface area contributed by atoms with Gasteiger partial charge in [0.05, 0.1) is 34.1 Å². The van der Waals surface area contributed by atoms with E-state index in [9.17, 15) is 9.59 Å². The number of rotatable bonds is 7.